The highest BCUT2D eigenvalue weighted by atomic mass is 19.1. The molecule has 0 atom stereocenters. The lowest BCUT2D eigenvalue weighted by Crippen LogP contribution is -2.48. The molecule has 1 aromatic heterocycles. The summed E-state index contributed by atoms with van der Waals surface area (Å²) in [4.78, 5) is 29.4. The van der Waals surface area contributed by atoms with E-state index < -0.39 is 11.4 Å². The highest BCUT2D eigenvalue weighted by molar-refractivity contribution is 5.74. The zero-order chi connectivity index (χ0) is 28.9. The van der Waals surface area contributed by atoms with Crippen LogP contribution in [-0.4, -0.2) is 60.7 Å². The minimum atomic E-state index is -0.418. The first-order valence-corrected chi connectivity index (χ1v) is 13.2. The molecule has 1 aliphatic heterocycles. The number of aryl methyl sites for hydroxylation is 1. The maximum Gasteiger partial charge on any atom is 0.316 e. The topological polar surface area (TPSA) is 86.1 Å². The van der Waals surface area contributed by atoms with Crippen LogP contribution < -0.4 is 19.9 Å². The van der Waals surface area contributed by atoms with E-state index in [1.807, 2.05) is 48.2 Å². The van der Waals surface area contributed by atoms with Crippen LogP contribution in [0.1, 0.15) is 12.5 Å². The number of hydrogen-bond acceptors (Lipinski definition) is 7. The minimum absolute atomic E-state index is 0.0175. The molecule has 212 valence electrons. The molecule has 3 aromatic carbocycles. The van der Waals surface area contributed by atoms with Crippen LogP contribution in [0.2, 0.25) is 0 Å². The van der Waals surface area contributed by atoms with Gasteiger partial charge in [0.25, 0.3) is 0 Å². The monoisotopic (exact) mass is 558 g/mol. The second kappa shape index (κ2) is 12.2. The molecule has 0 unspecified atom stereocenters. The lowest BCUT2D eigenvalue weighted by atomic mass is 10.0. The van der Waals surface area contributed by atoms with Crippen molar-refractivity contribution in [1.29, 1.82) is 0 Å². The number of methoxy groups -OCH3 is 1. The van der Waals surface area contributed by atoms with Gasteiger partial charge in [0.05, 0.1) is 11.9 Å². The highest BCUT2D eigenvalue weighted by Crippen LogP contribution is 2.34. The Labute approximate surface area is 237 Å². The minimum Gasteiger partial charge on any atom is -0.467 e. The fourth-order valence-corrected chi connectivity index (χ4v) is 4.68. The van der Waals surface area contributed by atoms with Crippen LogP contribution in [0.25, 0.3) is 16.8 Å². The number of ether oxygens (including phenoxy) is 3. The highest BCUT2D eigenvalue weighted by Gasteiger charge is 2.25. The molecule has 1 saturated heterocycles. The predicted molar refractivity (Wildman–Crippen MR) is 153 cm³/mol. The fourth-order valence-electron chi connectivity index (χ4n) is 4.68. The molecule has 0 N–H and O–H groups in total. The Balaban J connectivity index is 1.48. The number of aromatic nitrogens is 2. The second-order valence-electron chi connectivity index (χ2n) is 9.72. The van der Waals surface area contributed by atoms with Gasteiger partial charge in [-0.3, -0.25) is 9.59 Å². The van der Waals surface area contributed by atoms with E-state index in [0.717, 1.165) is 11.1 Å². The first-order chi connectivity index (χ1) is 19.8. The van der Waals surface area contributed by atoms with Gasteiger partial charge in [-0.15, -0.1) is 0 Å². The van der Waals surface area contributed by atoms with E-state index in [2.05, 4.69) is 5.10 Å². The third kappa shape index (κ3) is 6.22. The Hall–Kier alpha value is -4.70. The molecule has 9 nitrogen and oxygen atoms in total. The molecular formula is C31H31FN4O5. The van der Waals surface area contributed by atoms with Crippen molar-refractivity contribution in [2.45, 2.75) is 13.8 Å². The number of amides is 1. The third-order valence-electron chi connectivity index (χ3n) is 6.92. The van der Waals surface area contributed by atoms with Crippen molar-refractivity contribution >= 4 is 11.6 Å². The van der Waals surface area contributed by atoms with Gasteiger partial charge in [-0.25, -0.2) is 4.39 Å². The van der Waals surface area contributed by atoms with Crippen molar-refractivity contribution in [2.24, 2.45) is 0 Å². The SMILES string of the molecule is COCOc1cc(F)ccc1-c1ccc(Oc2c(N3CCN(C(C)=O)CC3)cnn(-c3ccc(C)cc3)c2=O)cc1. The average Bonchev–Trinajstić information content (AvgIpc) is 2.98. The molecule has 0 saturated carbocycles. The van der Waals surface area contributed by atoms with Crippen molar-refractivity contribution in [3.8, 4) is 34.1 Å². The molecule has 10 heteroatoms. The van der Waals surface area contributed by atoms with Crippen LogP contribution in [0.3, 0.4) is 0 Å². The van der Waals surface area contributed by atoms with Gasteiger partial charge in [-0.2, -0.15) is 9.78 Å². The van der Waals surface area contributed by atoms with Gasteiger partial charge < -0.3 is 24.0 Å². The maximum atomic E-state index is 13.9. The molecule has 0 bridgehead atoms. The molecule has 1 aliphatic rings. The van der Waals surface area contributed by atoms with Gasteiger partial charge in [-0.1, -0.05) is 29.8 Å². The molecule has 0 radical (unpaired) electrons. The van der Waals surface area contributed by atoms with Crippen LogP contribution in [0.4, 0.5) is 10.1 Å². The fraction of sp³-hybridized carbons (Fsp3) is 0.258. The number of rotatable bonds is 8. The van der Waals surface area contributed by atoms with E-state index in [-0.39, 0.29) is 18.4 Å². The zero-order valence-corrected chi connectivity index (χ0v) is 23.2. The Bertz CT molecular complexity index is 1580. The molecule has 1 fully saturated rings. The number of carbonyl (C=O) groups is 1. The van der Waals surface area contributed by atoms with Crippen LogP contribution in [0, 0.1) is 12.7 Å². The van der Waals surface area contributed by atoms with Gasteiger partial charge >= 0.3 is 5.56 Å². The Morgan fingerprint density at radius 1 is 0.976 bits per heavy atom. The lowest BCUT2D eigenvalue weighted by molar-refractivity contribution is -0.129. The number of nitrogens with zero attached hydrogens (tertiary/aromatic N) is 4. The summed E-state index contributed by atoms with van der Waals surface area (Å²) in [5.41, 5.74) is 3.29. The standard InChI is InChI=1S/C31H31FN4O5/c1-21-4-9-25(10-5-21)36-31(38)30(28(19-33-36)35-16-14-34(15-17-35)22(2)37)41-26-11-6-23(7-12-26)27-13-8-24(32)18-29(27)40-20-39-3/h4-13,18-19H,14-17,20H2,1-3H3. The molecule has 0 spiro atoms. The molecule has 1 amide bonds. The molecular weight excluding hydrogens is 527 g/mol. The van der Waals surface area contributed by atoms with E-state index in [4.69, 9.17) is 14.2 Å². The van der Waals surface area contributed by atoms with E-state index in [1.54, 1.807) is 36.2 Å². The van der Waals surface area contributed by atoms with Gasteiger partial charge in [0, 0.05) is 51.8 Å². The molecule has 4 aromatic rings. The van der Waals surface area contributed by atoms with E-state index in [1.165, 1.54) is 23.9 Å². The Morgan fingerprint density at radius 3 is 2.34 bits per heavy atom. The van der Waals surface area contributed by atoms with Gasteiger partial charge in [0.2, 0.25) is 11.7 Å². The molecule has 2 heterocycles. The number of carbonyl (C=O) groups excluding carboxylic acids is 1. The summed E-state index contributed by atoms with van der Waals surface area (Å²) in [7, 11) is 1.49. The lowest BCUT2D eigenvalue weighted by Gasteiger charge is -2.35. The number of piperazine rings is 1. The third-order valence-corrected chi connectivity index (χ3v) is 6.92. The van der Waals surface area contributed by atoms with Crippen molar-refractivity contribution in [1.82, 2.24) is 14.7 Å². The number of halogens is 1. The first-order valence-electron chi connectivity index (χ1n) is 13.2. The predicted octanol–water partition coefficient (Wildman–Crippen LogP) is 4.79. The van der Waals surface area contributed by atoms with Crippen LogP contribution in [0.5, 0.6) is 17.2 Å². The van der Waals surface area contributed by atoms with Crippen LogP contribution in [0.15, 0.2) is 77.7 Å². The van der Waals surface area contributed by atoms with Crippen molar-refractivity contribution in [3.63, 3.8) is 0 Å². The average molecular weight is 559 g/mol. The van der Waals surface area contributed by atoms with Crippen molar-refractivity contribution in [3.05, 3.63) is 94.7 Å². The van der Waals surface area contributed by atoms with Gasteiger partial charge in [-0.05, 0) is 48.9 Å². The maximum absolute atomic E-state index is 13.9. The Kier molecular flexibility index (Phi) is 8.30. The summed E-state index contributed by atoms with van der Waals surface area (Å²) in [5.74, 6) is 0.529. The van der Waals surface area contributed by atoms with E-state index in [0.29, 0.717) is 54.6 Å². The first kappa shape index (κ1) is 27.9. The number of benzene rings is 3. The van der Waals surface area contributed by atoms with Gasteiger partial charge in [0.1, 0.15) is 23.0 Å². The quantitative estimate of drug-likeness (QED) is 0.288. The largest absolute Gasteiger partial charge is 0.467 e. The number of hydrogen-bond donors (Lipinski definition) is 0. The molecule has 41 heavy (non-hydrogen) atoms. The second-order valence-corrected chi connectivity index (χ2v) is 9.72. The zero-order valence-electron chi connectivity index (χ0n) is 23.2. The Morgan fingerprint density at radius 2 is 1.68 bits per heavy atom. The number of anilines is 1. The summed E-state index contributed by atoms with van der Waals surface area (Å²) < 4.78 is 32.0. The van der Waals surface area contributed by atoms with Gasteiger partial charge in [0.15, 0.2) is 6.79 Å². The van der Waals surface area contributed by atoms with Crippen LogP contribution in [-0.2, 0) is 9.53 Å². The normalized spacial score (nSPS) is 13.3. The van der Waals surface area contributed by atoms with E-state index >= 15 is 0 Å². The smallest absolute Gasteiger partial charge is 0.316 e. The van der Waals surface area contributed by atoms with Crippen LogP contribution >= 0.6 is 0 Å². The summed E-state index contributed by atoms with van der Waals surface area (Å²) in [6.45, 7) is 5.66. The van der Waals surface area contributed by atoms with E-state index in [9.17, 15) is 14.0 Å². The summed E-state index contributed by atoms with van der Waals surface area (Å²) >= 11 is 0. The molecule has 5 rings (SSSR count). The molecule has 0 aliphatic carbocycles. The van der Waals surface area contributed by atoms with Crippen molar-refractivity contribution < 1.29 is 23.4 Å². The summed E-state index contributed by atoms with van der Waals surface area (Å²) in [6, 6.07) is 18.9. The summed E-state index contributed by atoms with van der Waals surface area (Å²) in [6.07, 6.45) is 1.63. The summed E-state index contributed by atoms with van der Waals surface area (Å²) in [5, 5.41) is 4.45. The van der Waals surface area contributed by atoms with Crippen molar-refractivity contribution in [2.75, 3.05) is 45.0 Å².